The second-order valence-corrected chi connectivity index (χ2v) is 2.92. The van der Waals surface area contributed by atoms with Gasteiger partial charge in [0, 0.05) is 19.1 Å². The van der Waals surface area contributed by atoms with Crippen molar-refractivity contribution >= 4 is 0 Å². The highest BCUT2D eigenvalue weighted by Gasteiger charge is 2.26. The molecule has 1 heterocycles. The van der Waals surface area contributed by atoms with Gasteiger partial charge in [0.1, 0.15) is 6.67 Å². The third-order valence-corrected chi connectivity index (χ3v) is 2.05. The van der Waals surface area contributed by atoms with Gasteiger partial charge in [-0.25, -0.2) is 4.39 Å². The molecule has 60 valence electrons. The van der Waals surface area contributed by atoms with E-state index in [9.17, 15) is 4.39 Å². The minimum absolute atomic E-state index is 0.235. The van der Waals surface area contributed by atoms with Gasteiger partial charge in [0.05, 0.1) is 6.10 Å². The molecule has 0 aliphatic carbocycles. The quantitative estimate of drug-likeness (QED) is 0.611. The first-order chi connectivity index (χ1) is 4.74. The van der Waals surface area contributed by atoms with Gasteiger partial charge in [0.2, 0.25) is 0 Å². The van der Waals surface area contributed by atoms with Crippen LogP contribution in [-0.2, 0) is 0 Å². The van der Waals surface area contributed by atoms with Crippen LogP contribution in [0.25, 0.3) is 0 Å². The zero-order valence-corrected chi connectivity index (χ0v) is 6.26. The number of alkyl halides is 1. The second-order valence-electron chi connectivity index (χ2n) is 2.92. The fourth-order valence-electron chi connectivity index (χ4n) is 1.49. The average molecular weight is 147 g/mol. The first-order valence-electron chi connectivity index (χ1n) is 3.72. The zero-order chi connectivity index (χ0) is 7.56. The van der Waals surface area contributed by atoms with Crippen molar-refractivity contribution in [1.82, 2.24) is 4.90 Å². The topological polar surface area (TPSA) is 23.5 Å². The van der Waals surface area contributed by atoms with Gasteiger partial charge in [-0.1, -0.05) is 0 Å². The highest BCUT2D eigenvalue weighted by molar-refractivity contribution is 4.81. The molecule has 0 unspecified atom stereocenters. The maximum atomic E-state index is 11.8. The van der Waals surface area contributed by atoms with Crippen LogP contribution >= 0.6 is 0 Å². The minimum atomic E-state index is -0.308. The lowest BCUT2D eigenvalue weighted by molar-refractivity contribution is 0.171. The molecule has 1 rings (SSSR count). The van der Waals surface area contributed by atoms with Crippen LogP contribution in [0.15, 0.2) is 0 Å². The molecule has 1 aliphatic rings. The van der Waals surface area contributed by atoms with Crippen LogP contribution in [0.2, 0.25) is 0 Å². The number of hydrogen-bond acceptors (Lipinski definition) is 2. The van der Waals surface area contributed by atoms with Crippen molar-refractivity contribution in [2.75, 3.05) is 19.8 Å². The van der Waals surface area contributed by atoms with Crippen LogP contribution in [0, 0.1) is 0 Å². The molecule has 0 radical (unpaired) electrons. The lowest BCUT2D eigenvalue weighted by Gasteiger charge is -2.17. The fourth-order valence-corrected chi connectivity index (χ4v) is 1.49. The number of halogens is 1. The summed E-state index contributed by atoms with van der Waals surface area (Å²) in [7, 11) is 0. The number of aliphatic hydroxyl groups is 1. The number of β-amino-alcohol motifs (C(OH)–C–C–N with tert-alkyl or cyclic N) is 1. The Kier molecular flexibility index (Phi) is 2.63. The Morgan fingerprint density at radius 1 is 1.70 bits per heavy atom. The van der Waals surface area contributed by atoms with E-state index in [1.54, 1.807) is 0 Å². The summed E-state index contributed by atoms with van der Waals surface area (Å²) >= 11 is 0. The van der Waals surface area contributed by atoms with E-state index in [-0.39, 0.29) is 12.8 Å². The number of nitrogens with zero attached hydrogens (tertiary/aromatic N) is 1. The maximum absolute atomic E-state index is 11.8. The molecule has 1 N–H and O–H groups in total. The molecular formula is C7H14FNO. The molecule has 0 amide bonds. The molecule has 2 atom stereocenters. The lowest BCUT2D eigenvalue weighted by atomic mass is 10.2. The molecule has 1 saturated heterocycles. The number of aliphatic hydroxyl groups excluding tert-OH is 1. The summed E-state index contributed by atoms with van der Waals surface area (Å²) in [5.74, 6) is 0. The van der Waals surface area contributed by atoms with Gasteiger partial charge >= 0.3 is 0 Å². The van der Waals surface area contributed by atoms with E-state index in [1.807, 2.05) is 11.8 Å². The third-order valence-electron chi connectivity index (χ3n) is 2.05. The Morgan fingerprint density at radius 2 is 2.40 bits per heavy atom. The Bertz CT molecular complexity index is 110. The molecule has 10 heavy (non-hydrogen) atoms. The summed E-state index contributed by atoms with van der Waals surface area (Å²) in [5.41, 5.74) is 0. The molecule has 3 heteroatoms. The van der Waals surface area contributed by atoms with E-state index < -0.39 is 0 Å². The van der Waals surface area contributed by atoms with Crippen molar-refractivity contribution in [3.05, 3.63) is 0 Å². The smallest absolute Gasteiger partial charge is 0.102 e. The van der Waals surface area contributed by atoms with Crippen LogP contribution in [0.4, 0.5) is 4.39 Å². The van der Waals surface area contributed by atoms with Gasteiger partial charge in [-0.3, -0.25) is 4.90 Å². The fraction of sp³-hybridized carbons (Fsp3) is 1.00. The van der Waals surface area contributed by atoms with Crippen molar-refractivity contribution in [2.45, 2.75) is 25.5 Å². The molecule has 2 nitrogen and oxygen atoms in total. The molecular weight excluding hydrogens is 133 g/mol. The molecule has 1 aliphatic heterocycles. The van der Waals surface area contributed by atoms with Gasteiger partial charge in [0.15, 0.2) is 0 Å². The van der Waals surface area contributed by atoms with Crippen LogP contribution in [0.1, 0.15) is 13.3 Å². The first-order valence-corrected chi connectivity index (χ1v) is 3.72. The Hall–Kier alpha value is -0.150. The van der Waals surface area contributed by atoms with Crippen LogP contribution in [0.5, 0.6) is 0 Å². The van der Waals surface area contributed by atoms with E-state index in [0.717, 1.165) is 6.42 Å². The van der Waals surface area contributed by atoms with Gasteiger partial charge < -0.3 is 5.11 Å². The summed E-state index contributed by atoms with van der Waals surface area (Å²) in [5, 5.41) is 9.13. The van der Waals surface area contributed by atoms with Crippen LogP contribution in [-0.4, -0.2) is 41.9 Å². The highest BCUT2D eigenvalue weighted by Crippen LogP contribution is 2.15. The van der Waals surface area contributed by atoms with E-state index in [2.05, 4.69) is 0 Å². The predicted octanol–water partition coefficient (Wildman–Crippen LogP) is 0.411. The average Bonchev–Trinajstić information content (AvgIpc) is 2.13. The molecule has 0 aromatic rings. The first kappa shape index (κ1) is 7.95. The standard InChI is InChI=1S/C7H14FNO/c1-6-4-7(10)5-9(6)3-2-8/h6-7,10H,2-5H2,1H3/t6-,7-/m1/s1. The highest BCUT2D eigenvalue weighted by atomic mass is 19.1. The normalized spacial score (nSPS) is 35.1. The van der Waals surface area contributed by atoms with Gasteiger partial charge in [-0.15, -0.1) is 0 Å². The number of hydrogen-bond donors (Lipinski definition) is 1. The molecule has 1 fully saturated rings. The monoisotopic (exact) mass is 147 g/mol. The SMILES string of the molecule is C[C@@H]1C[C@@H](O)CN1CCF. The second kappa shape index (κ2) is 3.30. The van der Waals surface area contributed by atoms with Gasteiger partial charge in [-0.2, -0.15) is 0 Å². The summed E-state index contributed by atoms with van der Waals surface area (Å²) in [6.07, 6.45) is 0.557. The van der Waals surface area contributed by atoms with Gasteiger partial charge in [-0.05, 0) is 13.3 Å². The van der Waals surface area contributed by atoms with Crippen molar-refractivity contribution in [1.29, 1.82) is 0 Å². The van der Waals surface area contributed by atoms with E-state index in [1.165, 1.54) is 0 Å². The maximum Gasteiger partial charge on any atom is 0.102 e. The number of rotatable bonds is 2. The summed E-state index contributed by atoms with van der Waals surface area (Å²) in [6.45, 7) is 2.83. The third kappa shape index (κ3) is 1.67. The van der Waals surface area contributed by atoms with E-state index >= 15 is 0 Å². The molecule has 0 aromatic carbocycles. The Morgan fingerprint density at radius 3 is 2.80 bits per heavy atom. The summed E-state index contributed by atoms with van der Waals surface area (Å²) in [4.78, 5) is 1.98. The largest absolute Gasteiger partial charge is 0.392 e. The van der Waals surface area contributed by atoms with Gasteiger partial charge in [0.25, 0.3) is 0 Å². The predicted molar refractivity (Wildman–Crippen MR) is 37.6 cm³/mol. The molecule has 0 aromatic heterocycles. The molecule has 0 saturated carbocycles. The van der Waals surface area contributed by atoms with Crippen molar-refractivity contribution in [2.24, 2.45) is 0 Å². The van der Waals surface area contributed by atoms with Crippen molar-refractivity contribution in [3.8, 4) is 0 Å². The Labute approximate surface area is 60.6 Å². The van der Waals surface area contributed by atoms with Crippen LogP contribution in [0.3, 0.4) is 0 Å². The molecule has 0 spiro atoms. The summed E-state index contributed by atoms with van der Waals surface area (Å²) < 4.78 is 11.8. The minimum Gasteiger partial charge on any atom is -0.392 e. The van der Waals surface area contributed by atoms with Crippen molar-refractivity contribution in [3.63, 3.8) is 0 Å². The zero-order valence-electron chi connectivity index (χ0n) is 6.26. The van der Waals surface area contributed by atoms with E-state index in [4.69, 9.17) is 5.11 Å². The lowest BCUT2D eigenvalue weighted by Crippen LogP contribution is -2.29. The Balaban J connectivity index is 2.31. The van der Waals surface area contributed by atoms with Crippen LogP contribution < -0.4 is 0 Å². The molecule has 0 bridgehead atoms. The van der Waals surface area contributed by atoms with E-state index in [0.29, 0.717) is 19.1 Å². The number of likely N-dealkylation sites (tertiary alicyclic amines) is 1. The van der Waals surface area contributed by atoms with Crippen molar-refractivity contribution < 1.29 is 9.50 Å². The summed E-state index contributed by atoms with van der Waals surface area (Å²) in [6, 6.07) is 0.353.